The maximum absolute atomic E-state index is 4.30. The quantitative estimate of drug-likeness (QED) is 0.343. The number of hydrogen-bond acceptors (Lipinski definition) is 3. The number of aliphatic imine (C=N–C) groups is 1. The van der Waals surface area contributed by atoms with Gasteiger partial charge in [-0.3, -0.25) is 4.99 Å². The average Bonchev–Trinajstić information content (AvgIpc) is 3.02. The lowest BCUT2D eigenvalue weighted by Gasteiger charge is -2.24. The molecule has 1 heterocycles. The Kier molecular flexibility index (Phi) is 12.8. The summed E-state index contributed by atoms with van der Waals surface area (Å²) in [7, 11) is 4.01. The van der Waals surface area contributed by atoms with E-state index in [9.17, 15) is 0 Å². The first-order chi connectivity index (χ1) is 10.6. The average molecular weight is 452 g/mol. The molecular formula is C17H33IN4S. The Morgan fingerprint density at radius 2 is 2.09 bits per heavy atom. The first-order valence-electron chi connectivity index (χ1n) is 8.23. The van der Waals surface area contributed by atoms with Gasteiger partial charge in [0.05, 0.1) is 0 Å². The van der Waals surface area contributed by atoms with Crippen LogP contribution in [-0.2, 0) is 6.42 Å². The fourth-order valence-electron chi connectivity index (χ4n) is 2.22. The molecule has 0 bridgehead atoms. The molecule has 4 nitrogen and oxygen atoms in total. The smallest absolute Gasteiger partial charge is 0.191 e. The van der Waals surface area contributed by atoms with E-state index in [1.165, 1.54) is 11.3 Å². The molecular weight excluding hydrogens is 419 g/mol. The van der Waals surface area contributed by atoms with Gasteiger partial charge in [0, 0.05) is 37.6 Å². The highest BCUT2D eigenvalue weighted by molar-refractivity contribution is 14.0. The van der Waals surface area contributed by atoms with Crippen molar-refractivity contribution in [3.05, 3.63) is 22.4 Å². The lowest BCUT2D eigenvalue weighted by atomic mass is 10.1. The second-order valence-corrected chi connectivity index (χ2v) is 7.04. The molecule has 23 heavy (non-hydrogen) atoms. The standard InChI is InChI=1S/C17H32N4S.HI/c1-6-15(3)21(5)10-9-19-17(18-4)20-13-14(2)12-16-8-7-11-22-16;/h7-8,11,14-15H,6,9-10,12-13H2,1-5H3,(H2,18,19,20);1H. The summed E-state index contributed by atoms with van der Waals surface area (Å²) in [6, 6.07) is 4.95. The predicted molar refractivity (Wildman–Crippen MR) is 114 cm³/mol. The molecule has 2 unspecified atom stereocenters. The summed E-state index contributed by atoms with van der Waals surface area (Å²) in [4.78, 5) is 8.12. The third-order valence-electron chi connectivity index (χ3n) is 4.07. The van der Waals surface area contributed by atoms with Crippen molar-refractivity contribution >= 4 is 41.3 Å². The molecule has 0 spiro atoms. The van der Waals surface area contributed by atoms with Gasteiger partial charge in [-0.15, -0.1) is 35.3 Å². The van der Waals surface area contributed by atoms with Crippen LogP contribution in [0.1, 0.15) is 32.1 Å². The van der Waals surface area contributed by atoms with Crippen LogP contribution in [0.25, 0.3) is 0 Å². The summed E-state index contributed by atoms with van der Waals surface area (Å²) < 4.78 is 0. The van der Waals surface area contributed by atoms with E-state index in [0.29, 0.717) is 12.0 Å². The second-order valence-electron chi connectivity index (χ2n) is 6.01. The molecule has 2 atom stereocenters. The molecule has 1 aromatic heterocycles. The molecule has 1 aromatic rings. The Balaban J connectivity index is 0.00000484. The van der Waals surface area contributed by atoms with E-state index in [1.807, 2.05) is 18.4 Å². The van der Waals surface area contributed by atoms with Gasteiger partial charge in [-0.1, -0.05) is 19.9 Å². The zero-order valence-corrected chi connectivity index (χ0v) is 18.3. The van der Waals surface area contributed by atoms with Gasteiger partial charge in [0.15, 0.2) is 5.96 Å². The van der Waals surface area contributed by atoms with E-state index in [2.05, 4.69) is 65.9 Å². The minimum atomic E-state index is 0. The zero-order chi connectivity index (χ0) is 16.4. The van der Waals surface area contributed by atoms with Crippen LogP contribution in [0.5, 0.6) is 0 Å². The van der Waals surface area contributed by atoms with E-state index in [0.717, 1.165) is 32.0 Å². The van der Waals surface area contributed by atoms with Crippen LogP contribution in [-0.4, -0.2) is 50.6 Å². The van der Waals surface area contributed by atoms with Crippen molar-refractivity contribution in [1.29, 1.82) is 0 Å². The van der Waals surface area contributed by atoms with E-state index < -0.39 is 0 Å². The third-order valence-corrected chi connectivity index (χ3v) is 4.97. The van der Waals surface area contributed by atoms with Crippen LogP contribution < -0.4 is 10.6 Å². The van der Waals surface area contributed by atoms with Crippen LogP contribution in [0.15, 0.2) is 22.5 Å². The summed E-state index contributed by atoms with van der Waals surface area (Å²) in [6.07, 6.45) is 2.31. The Morgan fingerprint density at radius 1 is 1.35 bits per heavy atom. The first-order valence-corrected chi connectivity index (χ1v) is 9.11. The number of guanidine groups is 1. The van der Waals surface area contributed by atoms with Crippen molar-refractivity contribution in [2.75, 3.05) is 33.7 Å². The summed E-state index contributed by atoms with van der Waals surface area (Å²) >= 11 is 1.83. The van der Waals surface area contributed by atoms with E-state index >= 15 is 0 Å². The summed E-state index contributed by atoms with van der Waals surface area (Å²) in [6.45, 7) is 9.65. The van der Waals surface area contributed by atoms with E-state index in [1.54, 1.807) is 0 Å². The highest BCUT2D eigenvalue weighted by Crippen LogP contribution is 2.13. The molecule has 0 aliphatic rings. The molecule has 6 heteroatoms. The molecule has 0 amide bonds. The summed E-state index contributed by atoms with van der Waals surface area (Å²) in [5.74, 6) is 1.50. The van der Waals surface area contributed by atoms with Crippen molar-refractivity contribution in [2.24, 2.45) is 10.9 Å². The molecule has 0 aromatic carbocycles. The Morgan fingerprint density at radius 3 is 2.65 bits per heavy atom. The molecule has 0 saturated carbocycles. The van der Waals surface area contributed by atoms with Crippen LogP contribution in [0, 0.1) is 5.92 Å². The highest BCUT2D eigenvalue weighted by Gasteiger charge is 2.08. The van der Waals surface area contributed by atoms with E-state index in [4.69, 9.17) is 0 Å². The predicted octanol–water partition coefficient (Wildman–Crippen LogP) is 3.44. The molecule has 0 aliphatic heterocycles. The lowest BCUT2D eigenvalue weighted by Crippen LogP contribution is -2.43. The van der Waals surface area contributed by atoms with Crippen molar-refractivity contribution in [3.8, 4) is 0 Å². The fourth-order valence-corrected chi connectivity index (χ4v) is 3.09. The van der Waals surface area contributed by atoms with Crippen molar-refractivity contribution in [2.45, 2.75) is 39.7 Å². The lowest BCUT2D eigenvalue weighted by molar-refractivity contribution is 0.255. The maximum Gasteiger partial charge on any atom is 0.191 e. The highest BCUT2D eigenvalue weighted by atomic mass is 127. The number of nitrogens with zero attached hydrogens (tertiary/aromatic N) is 2. The number of likely N-dealkylation sites (N-methyl/N-ethyl adjacent to an activating group) is 1. The molecule has 2 N–H and O–H groups in total. The monoisotopic (exact) mass is 452 g/mol. The fraction of sp³-hybridized carbons (Fsp3) is 0.706. The van der Waals surface area contributed by atoms with Gasteiger partial charge in [-0.25, -0.2) is 0 Å². The van der Waals surface area contributed by atoms with Crippen molar-refractivity contribution in [1.82, 2.24) is 15.5 Å². The first kappa shape index (κ1) is 22.7. The van der Waals surface area contributed by atoms with Gasteiger partial charge in [-0.2, -0.15) is 0 Å². The van der Waals surface area contributed by atoms with Gasteiger partial charge in [0.2, 0.25) is 0 Å². The Labute approximate surface area is 163 Å². The maximum atomic E-state index is 4.30. The molecule has 0 aliphatic carbocycles. The Hall–Kier alpha value is -0.340. The largest absolute Gasteiger partial charge is 0.356 e. The summed E-state index contributed by atoms with van der Waals surface area (Å²) in [5.41, 5.74) is 0. The third kappa shape index (κ3) is 9.52. The number of hydrogen-bond donors (Lipinski definition) is 2. The Bertz CT molecular complexity index is 422. The molecule has 0 fully saturated rings. The topological polar surface area (TPSA) is 39.7 Å². The molecule has 0 saturated heterocycles. The van der Waals surface area contributed by atoms with Crippen LogP contribution in [0.2, 0.25) is 0 Å². The number of thiophene rings is 1. The van der Waals surface area contributed by atoms with Crippen molar-refractivity contribution < 1.29 is 0 Å². The van der Waals surface area contributed by atoms with Gasteiger partial charge >= 0.3 is 0 Å². The molecule has 0 radical (unpaired) electrons. The zero-order valence-electron chi connectivity index (χ0n) is 15.1. The number of rotatable bonds is 9. The minimum absolute atomic E-state index is 0. The van der Waals surface area contributed by atoms with Gasteiger partial charge in [-0.05, 0) is 44.2 Å². The minimum Gasteiger partial charge on any atom is -0.356 e. The number of nitrogens with one attached hydrogen (secondary N) is 2. The SMILES string of the molecule is CCC(C)N(C)CCNC(=NC)NCC(C)Cc1cccs1.I. The molecule has 134 valence electrons. The number of halogens is 1. The van der Waals surface area contributed by atoms with E-state index in [-0.39, 0.29) is 24.0 Å². The normalized spacial score (nSPS) is 14.3. The van der Waals surface area contributed by atoms with Crippen LogP contribution >= 0.6 is 35.3 Å². The van der Waals surface area contributed by atoms with Crippen LogP contribution in [0.3, 0.4) is 0 Å². The van der Waals surface area contributed by atoms with Crippen LogP contribution in [0.4, 0.5) is 0 Å². The van der Waals surface area contributed by atoms with Gasteiger partial charge in [0.1, 0.15) is 0 Å². The van der Waals surface area contributed by atoms with Crippen molar-refractivity contribution in [3.63, 3.8) is 0 Å². The van der Waals surface area contributed by atoms with Gasteiger partial charge in [0.25, 0.3) is 0 Å². The second kappa shape index (κ2) is 13.0. The molecule has 1 rings (SSSR count). The summed E-state index contributed by atoms with van der Waals surface area (Å²) in [5, 5.41) is 8.96. The van der Waals surface area contributed by atoms with Gasteiger partial charge < -0.3 is 15.5 Å².